The first-order valence-electron chi connectivity index (χ1n) is 12.7. The van der Waals surface area contributed by atoms with Crippen LogP contribution in [-0.2, 0) is 14.3 Å². The van der Waals surface area contributed by atoms with Crippen molar-refractivity contribution in [1.29, 1.82) is 10.5 Å². The molecule has 2 aromatic carbocycles. The number of nitrogen functional groups attached to an aromatic ring is 1. The van der Waals surface area contributed by atoms with Gasteiger partial charge < -0.3 is 15.2 Å². The van der Waals surface area contributed by atoms with E-state index in [1.165, 1.54) is 37.4 Å². The molecule has 42 heavy (non-hydrogen) atoms. The van der Waals surface area contributed by atoms with Crippen LogP contribution in [0.15, 0.2) is 53.6 Å². The summed E-state index contributed by atoms with van der Waals surface area (Å²) in [7, 11) is 1.48. The molecule has 11 nitrogen and oxygen atoms in total. The van der Waals surface area contributed by atoms with Crippen molar-refractivity contribution in [3.8, 4) is 17.9 Å². The molecular formula is C30H25N5O6S. The molecule has 0 spiro atoms. The summed E-state index contributed by atoms with van der Waals surface area (Å²) in [5.41, 5.74) is 7.39. The van der Waals surface area contributed by atoms with Crippen molar-refractivity contribution in [1.82, 2.24) is 4.98 Å². The van der Waals surface area contributed by atoms with Crippen molar-refractivity contribution < 1.29 is 28.7 Å². The lowest BCUT2D eigenvalue weighted by atomic mass is 9.94. The van der Waals surface area contributed by atoms with Gasteiger partial charge in [-0.1, -0.05) is 37.7 Å². The van der Waals surface area contributed by atoms with Crippen LogP contribution in [0.4, 0.5) is 11.5 Å². The van der Waals surface area contributed by atoms with E-state index >= 15 is 0 Å². The lowest BCUT2D eigenvalue weighted by Gasteiger charge is -2.17. The number of ether oxygens (including phenoxy) is 2. The van der Waals surface area contributed by atoms with Gasteiger partial charge in [0.05, 0.1) is 34.7 Å². The molecule has 1 unspecified atom stereocenters. The highest BCUT2D eigenvalue weighted by atomic mass is 32.2. The summed E-state index contributed by atoms with van der Waals surface area (Å²) in [6.07, 6.45) is -0.150. The lowest BCUT2D eigenvalue weighted by molar-refractivity contribution is -0.121. The predicted molar refractivity (Wildman–Crippen MR) is 153 cm³/mol. The number of hydrogen-bond acceptors (Lipinski definition) is 11. The first kappa shape index (κ1) is 29.8. The summed E-state index contributed by atoms with van der Waals surface area (Å²) < 4.78 is 10.2. The van der Waals surface area contributed by atoms with Gasteiger partial charge in [0, 0.05) is 12.0 Å². The van der Waals surface area contributed by atoms with Gasteiger partial charge in [-0.2, -0.15) is 10.5 Å². The molecule has 12 heteroatoms. The molecule has 3 aromatic rings. The van der Waals surface area contributed by atoms with E-state index in [1.54, 1.807) is 18.2 Å². The van der Waals surface area contributed by atoms with Gasteiger partial charge in [-0.05, 0) is 47.9 Å². The third-order valence-corrected chi connectivity index (χ3v) is 7.65. The number of nitrogens with zero attached hydrogens (tertiary/aromatic N) is 4. The zero-order chi connectivity index (χ0) is 30.6. The minimum Gasteiger partial charge on any atom is -0.497 e. The number of anilines is 2. The smallest absolute Gasteiger partial charge is 0.338 e. The fourth-order valence-electron chi connectivity index (χ4n) is 4.43. The molecule has 2 N–H and O–H groups in total. The number of amides is 2. The first-order valence-corrected chi connectivity index (χ1v) is 13.6. The average molecular weight is 584 g/mol. The maximum Gasteiger partial charge on any atom is 0.338 e. The van der Waals surface area contributed by atoms with Gasteiger partial charge in [-0.3, -0.25) is 14.4 Å². The molecule has 1 fully saturated rings. The second-order valence-corrected chi connectivity index (χ2v) is 10.7. The predicted octanol–water partition coefficient (Wildman–Crippen LogP) is 4.00. The summed E-state index contributed by atoms with van der Waals surface area (Å²) in [5.74, 6) is -1.91. The van der Waals surface area contributed by atoms with Crippen LogP contribution < -0.4 is 15.4 Å². The van der Waals surface area contributed by atoms with E-state index in [1.807, 2.05) is 19.9 Å². The van der Waals surface area contributed by atoms with Crippen molar-refractivity contribution in [3.63, 3.8) is 0 Å². The Balaban J connectivity index is 1.46. The summed E-state index contributed by atoms with van der Waals surface area (Å²) in [5, 5.41) is 18.6. The number of benzene rings is 2. The van der Waals surface area contributed by atoms with E-state index in [0.29, 0.717) is 16.9 Å². The Bertz CT molecular complexity index is 1670. The van der Waals surface area contributed by atoms with Crippen LogP contribution >= 0.6 is 11.8 Å². The van der Waals surface area contributed by atoms with Crippen molar-refractivity contribution in [2.75, 3.05) is 24.4 Å². The molecule has 1 aliphatic rings. The molecule has 4 rings (SSSR count). The number of thioether (sulfide) groups is 1. The summed E-state index contributed by atoms with van der Waals surface area (Å²) in [6, 6.07) is 16.2. The van der Waals surface area contributed by atoms with Crippen LogP contribution in [-0.4, -0.2) is 47.5 Å². The number of imide groups is 1. The Labute approximate surface area is 245 Å². The average Bonchev–Trinajstić information content (AvgIpc) is 3.27. The lowest BCUT2D eigenvalue weighted by Crippen LogP contribution is -2.31. The van der Waals surface area contributed by atoms with E-state index in [-0.39, 0.29) is 45.6 Å². The molecule has 0 aliphatic carbocycles. The second kappa shape index (κ2) is 12.5. The number of Topliss-reactive ketones (excluding diaryl/α,β-unsaturated/α-hetero) is 1. The first-order chi connectivity index (χ1) is 20.1. The summed E-state index contributed by atoms with van der Waals surface area (Å²) >= 11 is 0.946. The number of aromatic nitrogens is 1. The number of carbonyl (C=O) groups excluding carboxylic acids is 4. The molecule has 0 radical (unpaired) electrons. The third kappa shape index (κ3) is 5.94. The molecule has 1 saturated heterocycles. The Morgan fingerprint density at radius 1 is 1.10 bits per heavy atom. The van der Waals surface area contributed by atoms with Gasteiger partial charge in [0.15, 0.2) is 12.4 Å². The second-order valence-electron chi connectivity index (χ2n) is 9.50. The standard InChI is InChI=1S/C30H25N5O6S/c1-16(2)26-21(13-31)27(33)34-28(22(26)14-32)42-24-12-25(37)35(29(24)38)19-9-7-17(8-10-19)30(39)41-15-23(36)18-5-4-6-20(11-18)40-3/h4-11,16,24H,12,15H2,1-3H3,(H2,33,34). The Hall–Kier alpha value is -5.20. The van der Waals surface area contributed by atoms with Crippen LogP contribution in [0.3, 0.4) is 0 Å². The van der Waals surface area contributed by atoms with Crippen molar-refractivity contribution in [3.05, 3.63) is 76.3 Å². The van der Waals surface area contributed by atoms with Crippen molar-refractivity contribution >= 4 is 46.8 Å². The third-order valence-electron chi connectivity index (χ3n) is 6.48. The highest BCUT2D eigenvalue weighted by Crippen LogP contribution is 2.38. The fraction of sp³-hybridized carbons (Fsp3) is 0.233. The monoisotopic (exact) mass is 583 g/mol. The minimum absolute atomic E-state index is 0.0519. The Morgan fingerprint density at radius 2 is 1.79 bits per heavy atom. The molecule has 0 saturated carbocycles. The molecule has 2 heterocycles. The van der Waals surface area contributed by atoms with E-state index in [9.17, 15) is 29.7 Å². The van der Waals surface area contributed by atoms with E-state index < -0.39 is 35.4 Å². The number of carbonyl (C=O) groups is 4. The molecule has 1 atom stereocenters. The van der Waals surface area contributed by atoms with Crippen LogP contribution in [0.1, 0.15) is 63.6 Å². The highest BCUT2D eigenvalue weighted by molar-refractivity contribution is 8.00. The van der Waals surface area contributed by atoms with Crippen molar-refractivity contribution in [2.24, 2.45) is 0 Å². The number of methoxy groups -OCH3 is 1. The number of pyridine rings is 1. The molecule has 212 valence electrons. The summed E-state index contributed by atoms with van der Waals surface area (Å²) in [6.45, 7) is 3.15. The van der Waals surface area contributed by atoms with Gasteiger partial charge in [0.25, 0.3) is 0 Å². The van der Waals surface area contributed by atoms with Crippen LogP contribution in [0, 0.1) is 22.7 Å². The van der Waals surface area contributed by atoms with Crippen LogP contribution in [0.25, 0.3) is 0 Å². The summed E-state index contributed by atoms with van der Waals surface area (Å²) in [4.78, 5) is 56.2. The minimum atomic E-state index is -0.878. The Kier molecular flexibility index (Phi) is 8.89. The molecule has 1 aliphatic heterocycles. The number of hydrogen-bond donors (Lipinski definition) is 1. The largest absolute Gasteiger partial charge is 0.497 e. The molecule has 0 bridgehead atoms. The Morgan fingerprint density at radius 3 is 2.40 bits per heavy atom. The number of nitriles is 2. The maximum atomic E-state index is 13.3. The number of esters is 1. The van der Waals surface area contributed by atoms with Gasteiger partial charge in [-0.15, -0.1) is 0 Å². The van der Waals surface area contributed by atoms with Gasteiger partial charge in [0.2, 0.25) is 11.8 Å². The number of ketones is 1. The van der Waals surface area contributed by atoms with E-state index in [2.05, 4.69) is 11.1 Å². The van der Waals surface area contributed by atoms with E-state index in [0.717, 1.165) is 16.7 Å². The zero-order valence-corrected chi connectivity index (χ0v) is 23.7. The number of nitrogens with two attached hydrogens (primary N) is 1. The molecule has 2 amide bonds. The van der Waals surface area contributed by atoms with Gasteiger partial charge in [0.1, 0.15) is 28.7 Å². The van der Waals surface area contributed by atoms with Gasteiger partial charge in [-0.25, -0.2) is 14.7 Å². The van der Waals surface area contributed by atoms with Crippen LogP contribution in [0.5, 0.6) is 5.75 Å². The zero-order valence-electron chi connectivity index (χ0n) is 22.9. The number of rotatable bonds is 9. The fourth-order valence-corrected chi connectivity index (χ4v) is 5.56. The SMILES string of the molecule is COc1cccc(C(=O)COC(=O)c2ccc(N3C(=O)CC(Sc4nc(N)c(C#N)c(C(C)C)c4C#N)C3=O)cc2)c1. The topological polar surface area (TPSA) is 176 Å². The molecule has 1 aromatic heterocycles. The maximum absolute atomic E-state index is 13.3. The molecular weight excluding hydrogens is 558 g/mol. The highest BCUT2D eigenvalue weighted by Gasteiger charge is 2.41. The van der Waals surface area contributed by atoms with Crippen LogP contribution in [0.2, 0.25) is 0 Å². The quantitative estimate of drug-likeness (QED) is 0.219. The van der Waals surface area contributed by atoms with E-state index in [4.69, 9.17) is 15.2 Å². The van der Waals surface area contributed by atoms with Gasteiger partial charge >= 0.3 is 5.97 Å². The van der Waals surface area contributed by atoms with Crippen molar-refractivity contribution in [2.45, 2.75) is 36.5 Å². The normalized spacial score (nSPS) is 14.4.